The van der Waals surface area contributed by atoms with E-state index >= 15 is 0 Å². The quantitative estimate of drug-likeness (QED) is 0.530. The summed E-state index contributed by atoms with van der Waals surface area (Å²) >= 11 is 5.61. The van der Waals surface area contributed by atoms with E-state index in [1.807, 2.05) is 54.6 Å². The fraction of sp³-hybridized carbons (Fsp3) is 0.250. The van der Waals surface area contributed by atoms with Gasteiger partial charge in [-0.1, -0.05) is 18.2 Å². The smallest absolute Gasteiger partial charge is 0.127 e. The van der Waals surface area contributed by atoms with Gasteiger partial charge in [-0.25, -0.2) is 0 Å². The maximum absolute atomic E-state index is 5.70. The minimum atomic E-state index is 0.688. The zero-order valence-corrected chi connectivity index (χ0v) is 11.5. The van der Waals surface area contributed by atoms with Crippen LogP contribution in [0.1, 0.15) is 12.8 Å². The number of halogens is 1. The fourth-order valence-electron chi connectivity index (χ4n) is 1.62. The molecule has 0 aliphatic rings. The van der Waals surface area contributed by atoms with Crippen molar-refractivity contribution in [3.63, 3.8) is 0 Å². The molecule has 2 rings (SSSR count). The van der Waals surface area contributed by atoms with Gasteiger partial charge in [0.25, 0.3) is 0 Å². The molecule has 0 heterocycles. The molecule has 2 aromatic carbocycles. The molecule has 0 aromatic heterocycles. The largest absolute Gasteiger partial charge is 0.494 e. The van der Waals surface area contributed by atoms with Gasteiger partial charge in [0.2, 0.25) is 0 Å². The predicted octanol–water partition coefficient (Wildman–Crippen LogP) is 4.88. The standard InChI is InChI=1S/C16H17ClO2/c17-12-4-5-13-18-14-8-10-16(11-9-14)19-15-6-2-1-3-7-15/h1-3,6-11H,4-5,12-13H2. The molecule has 0 spiro atoms. The highest BCUT2D eigenvalue weighted by atomic mass is 35.5. The minimum absolute atomic E-state index is 0.688. The number of benzene rings is 2. The molecular weight excluding hydrogens is 260 g/mol. The third-order valence-corrected chi connectivity index (χ3v) is 2.87. The summed E-state index contributed by atoms with van der Waals surface area (Å²) in [6.07, 6.45) is 1.96. The Morgan fingerprint density at radius 3 is 2.05 bits per heavy atom. The SMILES string of the molecule is ClCCCCOc1ccc(Oc2ccccc2)cc1. The number of para-hydroxylation sites is 1. The Hall–Kier alpha value is -1.67. The van der Waals surface area contributed by atoms with Crippen LogP contribution in [0, 0.1) is 0 Å². The van der Waals surface area contributed by atoms with Crippen molar-refractivity contribution in [2.24, 2.45) is 0 Å². The van der Waals surface area contributed by atoms with Gasteiger partial charge in [0.15, 0.2) is 0 Å². The van der Waals surface area contributed by atoms with E-state index in [1.54, 1.807) is 0 Å². The molecule has 0 bridgehead atoms. The summed E-state index contributed by atoms with van der Waals surface area (Å²) in [6.45, 7) is 0.700. The highest BCUT2D eigenvalue weighted by molar-refractivity contribution is 6.17. The third-order valence-electron chi connectivity index (χ3n) is 2.60. The van der Waals surface area contributed by atoms with E-state index in [0.717, 1.165) is 30.1 Å². The Bertz CT molecular complexity index is 468. The summed E-state index contributed by atoms with van der Waals surface area (Å²) in [5, 5.41) is 0. The van der Waals surface area contributed by atoms with Crippen molar-refractivity contribution in [1.82, 2.24) is 0 Å². The topological polar surface area (TPSA) is 18.5 Å². The Balaban J connectivity index is 1.84. The molecule has 0 fully saturated rings. The molecule has 0 saturated heterocycles. The molecule has 0 amide bonds. The van der Waals surface area contributed by atoms with E-state index in [4.69, 9.17) is 21.1 Å². The fourth-order valence-corrected chi connectivity index (χ4v) is 1.80. The lowest BCUT2D eigenvalue weighted by atomic mass is 10.3. The average Bonchev–Trinajstić information content (AvgIpc) is 2.46. The van der Waals surface area contributed by atoms with Crippen molar-refractivity contribution in [2.75, 3.05) is 12.5 Å². The third kappa shape index (κ3) is 4.84. The van der Waals surface area contributed by atoms with Gasteiger partial charge < -0.3 is 9.47 Å². The molecule has 3 heteroatoms. The lowest BCUT2D eigenvalue weighted by molar-refractivity contribution is 0.309. The van der Waals surface area contributed by atoms with Crippen LogP contribution in [0.25, 0.3) is 0 Å². The highest BCUT2D eigenvalue weighted by Crippen LogP contribution is 2.23. The predicted molar refractivity (Wildman–Crippen MR) is 78.4 cm³/mol. The van der Waals surface area contributed by atoms with Crippen molar-refractivity contribution in [2.45, 2.75) is 12.8 Å². The van der Waals surface area contributed by atoms with Gasteiger partial charge >= 0.3 is 0 Å². The maximum atomic E-state index is 5.70. The van der Waals surface area contributed by atoms with Gasteiger partial charge in [-0.15, -0.1) is 11.6 Å². The first-order valence-electron chi connectivity index (χ1n) is 6.40. The van der Waals surface area contributed by atoms with Gasteiger partial charge in [0.05, 0.1) is 6.61 Å². The highest BCUT2D eigenvalue weighted by Gasteiger charge is 1.98. The molecule has 2 aromatic rings. The summed E-state index contributed by atoms with van der Waals surface area (Å²) in [4.78, 5) is 0. The molecule has 0 radical (unpaired) electrons. The second-order valence-electron chi connectivity index (χ2n) is 4.13. The summed E-state index contributed by atoms with van der Waals surface area (Å²) in [7, 11) is 0. The molecular formula is C16H17ClO2. The van der Waals surface area contributed by atoms with Crippen molar-refractivity contribution in [1.29, 1.82) is 0 Å². The minimum Gasteiger partial charge on any atom is -0.494 e. The number of ether oxygens (including phenoxy) is 2. The van der Waals surface area contributed by atoms with Crippen LogP contribution in [-0.4, -0.2) is 12.5 Å². The van der Waals surface area contributed by atoms with Gasteiger partial charge in [0, 0.05) is 5.88 Å². The van der Waals surface area contributed by atoms with Gasteiger partial charge in [0.1, 0.15) is 17.2 Å². The molecule has 0 aliphatic carbocycles. The van der Waals surface area contributed by atoms with Crippen LogP contribution in [0.15, 0.2) is 54.6 Å². The summed E-state index contributed by atoms with van der Waals surface area (Å²) in [5.41, 5.74) is 0. The zero-order chi connectivity index (χ0) is 13.3. The first-order chi connectivity index (χ1) is 9.38. The Kier molecular flexibility index (Phi) is 5.57. The van der Waals surface area contributed by atoms with Crippen molar-refractivity contribution in [3.8, 4) is 17.2 Å². The van der Waals surface area contributed by atoms with Crippen molar-refractivity contribution in [3.05, 3.63) is 54.6 Å². The van der Waals surface area contributed by atoms with Crippen LogP contribution >= 0.6 is 11.6 Å². The zero-order valence-electron chi connectivity index (χ0n) is 10.7. The Labute approximate surface area is 118 Å². The second kappa shape index (κ2) is 7.70. The monoisotopic (exact) mass is 276 g/mol. The Morgan fingerprint density at radius 2 is 1.37 bits per heavy atom. The number of alkyl halides is 1. The average molecular weight is 277 g/mol. The lowest BCUT2D eigenvalue weighted by Crippen LogP contribution is -1.97. The normalized spacial score (nSPS) is 10.2. The van der Waals surface area contributed by atoms with E-state index < -0.39 is 0 Å². The second-order valence-corrected chi connectivity index (χ2v) is 4.51. The summed E-state index contributed by atoms with van der Waals surface area (Å²) in [6, 6.07) is 17.4. The van der Waals surface area contributed by atoms with Crippen LogP contribution in [-0.2, 0) is 0 Å². The van der Waals surface area contributed by atoms with E-state index in [1.165, 1.54) is 0 Å². The first-order valence-corrected chi connectivity index (χ1v) is 6.93. The molecule has 0 aliphatic heterocycles. The van der Waals surface area contributed by atoms with E-state index in [2.05, 4.69) is 0 Å². The van der Waals surface area contributed by atoms with Crippen molar-refractivity contribution >= 4 is 11.6 Å². The van der Waals surface area contributed by atoms with Crippen LogP contribution in [0.2, 0.25) is 0 Å². The molecule has 0 saturated carbocycles. The number of hydrogen-bond donors (Lipinski definition) is 0. The molecule has 2 nitrogen and oxygen atoms in total. The number of hydrogen-bond acceptors (Lipinski definition) is 2. The van der Waals surface area contributed by atoms with Crippen molar-refractivity contribution < 1.29 is 9.47 Å². The van der Waals surface area contributed by atoms with Crippen LogP contribution < -0.4 is 9.47 Å². The first kappa shape index (κ1) is 13.8. The van der Waals surface area contributed by atoms with E-state index in [0.29, 0.717) is 12.5 Å². The van der Waals surface area contributed by atoms with Gasteiger partial charge in [-0.3, -0.25) is 0 Å². The van der Waals surface area contributed by atoms with E-state index in [9.17, 15) is 0 Å². The molecule has 0 N–H and O–H groups in total. The molecule has 100 valence electrons. The Morgan fingerprint density at radius 1 is 0.737 bits per heavy atom. The maximum Gasteiger partial charge on any atom is 0.127 e. The molecule has 0 unspecified atom stereocenters. The van der Waals surface area contributed by atoms with Gasteiger partial charge in [-0.2, -0.15) is 0 Å². The molecule has 0 atom stereocenters. The van der Waals surface area contributed by atoms with Crippen LogP contribution in [0.5, 0.6) is 17.2 Å². The summed E-state index contributed by atoms with van der Waals surface area (Å²) in [5.74, 6) is 3.18. The summed E-state index contributed by atoms with van der Waals surface area (Å²) < 4.78 is 11.3. The van der Waals surface area contributed by atoms with Crippen LogP contribution in [0.4, 0.5) is 0 Å². The number of unbranched alkanes of at least 4 members (excludes halogenated alkanes) is 1. The van der Waals surface area contributed by atoms with E-state index in [-0.39, 0.29) is 0 Å². The van der Waals surface area contributed by atoms with Crippen LogP contribution in [0.3, 0.4) is 0 Å². The molecule has 19 heavy (non-hydrogen) atoms. The van der Waals surface area contributed by atoms with Gasteiger partial charge in [-0.05, 0) is 49.2 Å². The lowest BCUT2D eigenvalue weighted by Gasteiger charge is -2.08. The number of rotatable bonds is 7.